The van der Waals surface area contributed by atoms with Gasteiger partial charge in [0.25, 0.3) is 0 Å². The second kappa shape index (κ2) is 6.13. The largest absolute Gasteiger partial charge is 0.497 e. The summed E-state index contributed by atoms with van der Waals surface area (Å²) in [5, 5.41) is 9.22. The van der Waals surface area contributed by atoms with Crippen LogP contribution in [0.15, 0.2) is 58.9 Å². The summed E-state index contributed by atoms with van der Waals surface area (Å²) in [6.07, 6.45) is 6.73. The molecule has 0 saturated carbocycles. The summed E-state index contributed by atoms with van der Waals surface area (Å²) in [5.74, 6) is 0.560. The highest BCUT2D eigenvalue weighted by atomic mass is 16.5. The molecule has 0 atom stereocenters. The molecule has 0 amide bonds. The Morgan fingerprint density at radius 3 is 3.05 bits per heavy atom. The molecule has 1 aromatic heterocycles. The molecule has 1 aliphatic rings. The van der Waals surface area contributed by atoms with Crippen LogP contribution in [0.4, 0.5) is 5.69 Å². The first-order valence-electron chi connectivity index (χ1n) is 6.64. The number of ether oxygens (including phenoxy) is 2. The molecule has 2 aromatic rings. The Morgan fingerprint density at radius 1 is 1.29 bits per heavy atom. The summed E-state index contributed by atoms with van der Waals surface area (Å²) in [5.41, 5.74) is 2.31. The third-order valence-electron chi connectivity index (χ3n) is 2.87. The van der Waals surface area contributed by atoms with Gasteiger partial charge in [0, 0.05) is 0 Å². The quantitative estimate of drug-likeness (QED) is 0.804. The van der Waals surface area contributed by atoms with Crippen molar-refractivity contribution in [3.05, 3.63) is 48.6 Å². The maximum absolute atomic E-state index is 5.51. The molecule has 1 aliphatic heterocycles. The van der Waals surface area contributed by atoms with Crippen molar-refractivity contribution in [2.75, 3.05) is 13.2 Å². The molecule has 2 heterocycles. The zero-order valence-corrected chi connectivity index (χ0v) is 11.6. The predicted molar refractivity (Wildman–Crippen MR) is 78.4 cm³/mol. The molecule has 0 N–H and O–H groups in total. The fourth-order valence-electron chi connectivity index (χ4n) is 1.90. The minimum absolute atomic E-state index is 0.519. The number of benzene rings is 1. The number of nitrogens with zero attached hydrogens (tertiary/aromatic N) is 4. The molecular weight excluding hydrogens is 268 g/mol. The Bertz CT molecular complexity index is 738. The third kappa shape index (κ3) is 3.05. The third-order valence-corrected chi connectivity index (χ3v) is 2.87. The molecule has 106 valence electrons. The van der Waals surface area contributed by atoms with Crippen molar-refractivity contribution in [3.8, 4) is 5.88 Å². The summed E-state index contributed by atoms with van der Waals surface area (Å²) in [4.78, 5) is 8.36. The lowest BCUT2D eigenvalue weighted by molar-refractivity contribution is 0.284. The van der Waals surface area contributed by atoms with Crippen LogP contribution in [0.3, 0.4) is 0 Å². The number of hydrogen-bond donors (Lipinski definition) is 0. The molecule has 0 saturated heterocycles. The lowest BCUT2D eigenvalue weighted by Crippen LogP contribution is -1.96. The van der Waals surface area contributed by atoms with Gasteiger partial charge < -0.3 is 9.47 Å². The maximum Gasteiger partial charge on any atom is 0.224 e. The van der Waals surface area contributed by atoms with E-state index >= 15 is 0 Å². The minimum Gasteiger partial charge on any atom is -0.497 e. The van der Waals surface area contributed by atoms with Gasteiger partial charge in [-0.3, -0.25) is 0 Å². The fourth-order valence-corrected chi connectivity index (χ4v) is 1.90. The monoisotopic (exact) mass is 282 g/mol. The summed E-state index contributed by atoms with van der Waals surface area (Å²) in [7, 11) is 0. The van der Waals surface area contributed by atoms with E-state index in [2.05, 4.69) is 20.2 Å². The lowest BCUT2D eigenvalue weighted by Gasteiger charge is -2.05. The van der Waals surface area contributed by atoms with E-state index in [1.54, 1.807) is 12.3 Å². The van der Waals surface area contributed by atoms with Crippen molar-refractivity contribution in [1.82, 2.24) is 9.97 Å². The first-order valence-corrected chi connectivity index (χ1v) is 6.64. The van der Waals surface area contributed by atoms with Crippen LogP contribution in [-0.2, 0) is 4.74 Å². The normalized spacial score (nSPS) is 14.2. The van der Waals surface area contributed by atoms with Gasteiger partial charge in [-0.2, -0.15) is 10.2 Å². The van der Waals surface area contributed by atoms with Gasteiger partial charge in [-0.1, -0.05) is 0 Å². The molecule has 0 spiro atoms. The van der Waals surface area contributed by atoms with E-state index < -0.39 is 0 Å². The summed E-state index contributed by atoms with van der Waals surface area (Å²) < 4.78 is 10.6. The number of hydrogen-bond acceptors (Lipinski definition) is 6. The van der Waals surface area contributed by atoms with Crippen LogP contribution in [0.2, 0.25) is 0 Å². The van der Waals surface area contributed by atoms with Crippen LogP contribution in [0.5, 0.6) is 5.88 Å². The maximum atomic E-state index is 5.51. The smallest absolute Gasteiger partial charge is 0.224 e. The van der Waals surface area contributed by atoms with E-state index in [4.69, 9.17) is 9.47 Å². The molecule has 0 aliphatic carbocycles. The van der Waals surface area contributed by atoms with Crippen LogP contribution in [0.25, 0.3) is 10.9 Å². The van der Waals surface area contributed by atoms with E-state index in [1.165, 1.54) is 6.33 Å². The fraction of sp³-hybridized carbons (Fsp3) is 0.200. The minimum atomic E-state index is 0.519. The van der Waals surface area contributed by atoms with E-state index in [0.717, 1.165) is 22.3 Å². The van der Waals surface area contributed by atoms with E-state index in [1.807, 2.05) is 31.2 Å². The first kappa shape index (κ1) is 13.2. The highest BCUT2D eigenvalue weighted by Crippen LogP contribution is 2.26. The zero-order chi connectivity index (χ0) is 14.5. The highest BCUT2D eigenvalue weighted by molar-refractivity contribution is 5.85. The molecule has 3 rings (SSSR count). The Hall–Kier alpha value is -2.76. The number of azo groups is 1. The number of aromatic nitrogens is 2. The van der Waals surface area contributed by atoms with Crippen molar-refractivity contribution in [1.29, 1.82) is 0 Å². The molecule has 21 heavy (non-hydrogen) atoms. The Labute approximate surface area is 121 Å². The van der Waals surface area contributed by atoms with Gasteiger partial charge in [-0.25, -0.2) is 9.97 Å². The van der Waals surface area contributed by atoms with Crippen molar-refractivity contribution < 1.29 is 9.47 Å². The molecule has 0 radical (unpaired) electrons. The Morgan fingerprint density at radius 2 is 2.24 bits per heavy atom. The van der Waals surface area contributed by atoms with Gasteiger partial charge in [-0.05, 0) is 37.3 Å². The highest BCUT2D eigenvalue weighted by Gasteiger charge is 2.05. The van der Waals surface area contributed by atoms with Crippen molar-refractivity contribution >= 4 is 16.6 Å². The molecule has 6 nitrogen and oxygen atoms in total. The topological polar surface area (TPSA) is 69.0 Å². The van der Waals surface area contributed by atoms with Crippen molar-refractivity contribution in [2.24, 2.45) is 10.2 Å². The SMILES string of the molecule is CCOc1ncnc2ccc(N=NC3=CCOC=C3)cc12. The molecule has 0 fully saturated rings. The average Bonchev–Trinajstić information content (AvgIpc) is 2.54. The average molecular weight is 282 g/mol. The van der Waals surface area contributed by atoms with Crippen molar-refractivity contribution in [3.63, 3.8) is 0 Å². The molecular formula is C15H14N4O2. The number of fused-ring (bicyclic) bond motifs is 1. The molecule has 6 heteroatoms. The van der Waals surface area contributed by atoms with E-state index in [-0.39, 0.29) is 0 Å². The first-order chi connectivity index (χ1) is 10.4. The summed E-state index contributed by atoms with van der Waals surface area (Å²) >= 11 is 0. The van der Waals surface area contributed by atoms with Gasteiger partial charge in [0.05, 0.1) is 35.2 Å². The Balaban J connectivity index is 1.92. The van der Waals surface area contributed by atoms with Gasteiger partial charge in [0.1, 0.15) is 12.9 Å². The predicted octanol–water partition coefficient (Wildman–Crippen LogP) is 3.54. The van der Waals surface area contributed by atoms with Crippen LogP contribution >= 0.6 is 0 Å². The number of rotatable bonds is 4. The standard InChI is InChI=1S/C15H14N4O2/c1-2-21-15-13-9-12(3-4-14(13)16-10-17-15)19-18-11-5-7-20-8-6-11/h3-7,9-10H,2,8H2,1H3. The Kier molecular flexibility index (Phi) is 3.86. The van der Waals surface area contributed by atoms with Crippen LogP contribution in [0, 0.1) is 0 Å². The second-order valence-electron chi connectivity index (χ2n) is 4.28. The van der Waals surface area contributed by atoms with Crippen LogP contribution in [-0.4, -0.2) is 23.2 Å². The van der Waals surface area contributed by atoms with Gasteiger partial charge >= 0.3 is 0 Å². The molecule has 1 aromatic carbocycles. The van der Waals surface area contributed by atoms with E-state index in [9.17, 15) is 0 Å². The zero-order valence-electron chi connectivity index (χ0n) is 11.6. The second-order valence-corrected chi connectivity index (χ2v) is 4.28. The van der Waals surface area contributed by atoms with Gasteiger partial charge in [-0.15, -0.1) is 0 Å². The summed E-state index contributed by atoms with van der Waals surface area (Å²) in [6.45, 7) is 2.99. The lowest BCUT2D eigenvalue weighted by atomic mass is 10.2. The summed E-state index contributed by atoms with van der Waals surface area (Å²) in [6, 6.07) is 5.60. The van der Waals surface area contributed by atoms with Gasteiger partial charge in [0.2, 0.25) is 5.88 Å². The van der Waals surface area contributed by atoms with E-state index in [0.29, 0.717) is 19.1 Å². The van der Waals surface area contributed by atoms with Gasteiger partial charge in [0.15, 0.2) is 0 Å². The molecule has 0 bridgehead atoms. The van der Waals surface area contributed by atoms with Crippen LogP contribution < -0.4 is 4.74 Å². The number of allylic oxidation sites excluding steroid dienone is 1. The van der Waals surface area contributed by atoms with Crippen LogP contribution in [0.1, 0.15) is 6.92 Å². The molecule has 0 unspecified atom stereocenters. The van der Waals surface area contributed by atoms with Crippen molar-refractivity contribution in [2.45, 2.75) is 6.92 Å².